The molecular weight excluding hydrogens is 488 g/mol. The second-order valence-corrected chi connectivity index (χ2v) is 9.89. The van der Waals surface area contributed by atoms with Crippen molar-refractivity contribution in [2.75, 3.05) is 23.3 Å². The summed E-state index contributed by atoms with van der Waals surface area (Å²) in [6.45, 7) is 3.36. The van der Waals surface area contributed by atoms with Crippen LogP contribution in [0.4, 0.5) is 11.8 Å². The Labute approximate surface area is 216 Å². The van der Waals surface area contributed by atoms with E-state index in [-0.39, 0.29) is 17.7 Å². The van der Waals surface area contributed by atoms with Crippen molar-refractivity contribution < 1.29 is 5.11 Å². The monoisotopic (exact) mass is 514 g/mol. The Hall–Kier alpha value is -4.57. The first-order valence-corrected chi connectivity index (χ1v) is 12.4. The van der Waals surface area contributed by atoms with Gasteiger partial charge in [0.15, 0.2) is 11.2 Å². The summed E-state index contributed by atoms with van der Waals surface area (Å²) in [4.78, 5) is 45.5. The molecule has 13 nitrogen and oxygen atoms in total. The number of aliphatic hydroxyl groups is 1. The average molecular weight is 515 g/mol. The van der Waals surface area contributed by atoms with Crippen molar-refractivity contribution in [3.8, 4) is 17.3 Å². The van der Waals surface area contributed by atoms with Gasteiger partial charge in [0.1, 0.15) is 18.6 Å². The summed E-state index contributed by atoms with van der Waals surface area (Å²) in [5, 5.41) is 23.0. The summed E-state index contributed by atoms with van der Waals surface area (Å²) in [6, 6.07) is 6.54. The van der Waals surface area contributed by atoms with Crippen LogP contribution in [0, 0.1) is 23.2 Å². The van der Waals surface area contributed by atoms with E-state index in [2.05, 4.69) is 30.2 Å². The highest BCUT2D eigenvalue weighted by molar-refractivity contribution is 5.70. The van der Waals surface area contributed by atoms with E-state index in [1.807, 2.05) is 18.2 Å². The third-order valence-corrected chi connectivity index (χ3v) is 7.42. The third-order valence-electron chi connectivity index (χ3n) is 7.42. The maximum atomic E-state index is 13.0. The Bertz CT molecular complexity index is 1670. The Balaban J connectivity index is 1.22. The van der Waals surface area contributed by atoms with Gasteiger partial charge in [-0.3, -0.25) is 9.36 Å². The number of aryl methyl sites for hydroxylation is 1. The quantitative estimate of drug-likeness (QED) is 0.336. The van der Waals surface area contributed by atoms with Crippen LogP contribution in [-0.2, 0) is 13.6 Å². The number of imidazole rings is 1. The van der Waals surface area contributed by atoms with Crippen LogP contribution >= 0.6 is 0 Å². The van der Waals surface area contributed by atoms with Crippen molar-refractivity contribution in [2.24, 2.45) is 18.9 Å². The van der Waals surface area contributed by atoms with Gasteiger partial charge in [-0.15, -0.1) is 0 Å². The van der Waals surface area contributed by atoms with Gasteiger partial charge in [0.25, 0.3) is 5.56 Å². The fraction of sp³-hybridized carbons (Fsp3) is 0.400. The lowest BCUT2D eigenvalue weighted by molar-refractivity contribution is 0.148. The molecule has 0 bridgehead atoms. The standard InChI is InChI=1S/C25H26N10O3/c1-14(35-13-29-21-20(35)23(37)34(7-6-26)25(38)32(21)2)22(36)31-19-5-3-4-18(30-19)17-9-27-24(28-10-17)33-11-15-8-16(15)12-33/h3-5,9-10,13-16,22,36H,7-8,11-12H2,1-2H3,(H,30,31)/t14-,15?,16?,22?/m0/s1. The molecule has 1 aliphatic heterocycles. The molecule has 4 aromatic heterocycles. The van der Waals surface area contributed by atoms with Crippen molar-refractivity contribution in [1.29, 1.82) is 5.26 Å². The van der Waals surface area contributed by atoms with E-state index in [4.69, 9.17) is 5.26 Å². The van der Waals surface area contributed by atoms with Crippen molar-refractivity contribution in [3.63, 3.8) is 0 Å². The number of hydrogen-bond acceptors (Lipinski definition) is 10. The Morgan fingerprint density at radius 1 is 1.18 bits per heavy atom. The van der Waals surface area contributed by atoms with Gasteiger partial charge >= 0.3 is 5.69 Å². The molecule has 5 heterocycles. The minimum atomic E-state index is -1.16. The molecule has 3 unspecified atom stereocenters. The molecule has 38 heavy (non-hydrogen) atoms. The van der Waals surface area contributed by atoms with Crippen LogP contribution < -0.4 is 21.5 Å². The minimum absolute atomic E-state index is 0.116. The zero-order chi connectivity index (χ0) is 26.6. The average Bonchev–Trinajstić information content (AvgIpc) is 3.32. The lowest BCUT2D eigenvalue weighted by Crippen LogP contribution is -2.40. The number of nitriles is 1. The van der Waals surface area contributed by atoms with E-state index in [9.17, 15) is 14.7 Å². The zero-order valence-corrected chi connectivity index (χ0v) is 20.9. The van der Waals surface area contributed by atoms with Gasteiger partial charge in [-0.25, -0.2) is 29.3 Å². The number of piperidine rings is 1. The second kappa shape index (κ2) is 9.07. The number of hydrogen-bond donors (Lipinski definition) is 2. The molecule has 194 valence electrons. The van der Waals surface area contributed by atoms with Gasteiger partial charge in [0.2, 0.25) is 5.95 Å². The van der Waals surface area contributed by atoms with E-state index < -0.39 is 23.5 Å². The van der Waals surface area contributed by atoms with E-state index in [1.54, 1.807) is 25.4 Å². The molecule has 4 aromatic rings. The smallest absolute Gasteiger partial charge is 0.333 e. The van der Waals surface area contributed by atoms with Crippen molar-refractivity contribution in [2.45, 2.75) is 32.2 Å². The molecule has 1 aliphatic carbocycles. The fourth-order valence-electron chi connectivity index (χ4n) is 5.09. The Kier molecular flexibility index (Phi) is 5.68. The molecule has 0 amide bonds. The fourth-order valence-corrected chi connectivity index (χ4v) is 5.09. The molecule has 2 fully saturated rings. The SMILES string of the molecule is C[C@@H](C(O)Nc1cccc(-c2cnc(N3CC4CC4C3)nc2)n1)n1cnc2c1c(=O)n(CC#N)c(=O)n2C. The number of aromatic nitrogens is 7. The van der Waals surface area contributed by atoms with Crippen LogP contribution in [-0.4, -0.2) is 58.1 Å². The number of pyridine rings is 1. The lowest BCUT2D eigenvalue weighted by Gasteiger charge is -2.22. The van der Waals surface area contributed by atoms with E-state index >= 15 is 0 Å². The summed E-state index contributed by atoms with van der Waals surface area (Å²) >= 11 is 0. The molecule has 4 atom stereocenters. The van der Waals surface area contributed by atoms with Crippen LogP contribution in [0.1, 0.15) is 19.4 Å². The molecule has 6 rings (SSSR count). The molecule has 0 spiro atoms. The highest BCUT2D eigenvalue weighted by Gasteiger charge is 2.45. The van der Waals surface area contributed by atoms with Gasteiger partial charge in [0, 0.05) is 38.1 Å². The third kappa shape index (κ3) is 3.99. The summed E-state index contributed by atoms with van der Waals surface area (Å²) in [6.07, 6.45) is 5.07. The predicted octanol–water partition coefficient (Wildman–Crippen LogP) is 0.720. The normalized spacial score (nSPS) is 19.7. The van der Waals surface area contributed by atoms with Gasteiger partial charge < -0.3 is 19.9 Å². The van der Waals surface area contributed by atoms with Gasteiger partial charge in [-0.05, 0) is 37.3 Å². The Morgan fingerprint density at radius 2 is 1.92 bits per heavy atom. The first-order chi connectivity index (χ1) is 18.4. The number of rotatable bonds is 7. The molecule has 2 N–H and O–H groups in total. The molecule has 0 aromatic carbocycles. The summed E-state index contributed by atoms with van der Waals surface area (Å²) in [5.41, 5.74) is 0.413. The number of nitrogens with one attached hydrogen (secondary N) is 1. The van der Waals surface area contributed by atoms with Crippen LogP contribution in [0.5, 0.6) is 0 Å². The van der Waals surface area contributed by atoms with Crippen LogP contribution in [0.3, 0.4) is 0 Å². The van der Waals surface area contributed by atoms with Crippen molar-refractivity contribution in [3.05, 3.63) is 57.8 Å². The zero-order valence-electron chi connectivity index (χ0n) is 20.9. The largest absolute Gasteiger partial charge is 0.372 e. The number of aliphatic hydroxyl groups excluding tert-OH is 1. The summed E-state index contributed by atoms with van der Waals surface area (Å²) < 4.78 is 3.54. The molecule has 1 saturated heterocycles. The van der Waals surface area contributed by atoms with E-state index in [0.717, 1.165) is 41.0 Å². The summed E-state index contributed by atoms with van der Waals surface area (Å²) in [5.74, 6) is 2.74. The molecule has 0 radical (unpaired) electrons. The molecule has 13 heteroatoms. The van der Waals surface area contributed by atoms with Gasteiger partial charge in [-0.1, -0.05) is 6.07 Å². The Morgan fingerprint density at radius 3 is 2.63 bits per heavy atom. The maximum Gasteiger partial charge on any atom is 0.333 e. The van der Waals surface area contributed by atoms with E-state index in [1.165, 1.54) is 28.9 Å². The van der Waals surface area contributed by atoms with E-state index in [0.29, 0.717) is 11.5 Å². The minimum Gasteiger partial charge on any atom is -0.372 e. The first-order valence-electron chi connectivity index (χ1n) is 12.4. The number of nitrogens with zero attached hydrogens (tertiary/aromatic N) is 9. The van der Waals surface area contributed by atoms with Gasteiger partial charge in [0.05, 0.1) is 24.1 Å². The first kappa shape index (κ1) is 23.8. The summed E-state index contributed by atoms with van der Waals surface area (Å²) in [7, 11) is 1.48. The van der Waals surface area contributed by atoms with Crippen molar-refractivity contribution >= 4 is 22.9 Å². The van der Waals surface area contributed by atoms with Crippen LogP contribution in [0.15, 0.2) is 46.5 Å². The molecule has 2 aliphatic rings. The highest BCUT2D eigenvalue weighted by Crippen LogP contribution is 2.45. The number of fused-ring (bicyclic) bond motifs is 2. The second-order valence-electron chi connectivity index (χ2n) is 9.89. The lowest BCUT2D eigenvalue weighted by atomic mass is 10.2. The molecule has 1 saturated carbocycles. The highest BCUT2D eigenvalue weighted by atomic mass is 16.3. The topological polar surface area (TPSA) is 160 Å². The van der Waals surface area contributed by atoms with Crippen molar-refractivity contribution in [1.82, 2.24) is 33.6 Å². The predicted molar refractivity (Wildman–Crippen MR) is 138 cm³/mol. The van der Waals surface area contributed by atoms with Crippen LogP contribution in [0.2, 0.25) is 0 Å². The molecular formula is C25H26N10O3. The number of anilines is 2. The van der Waals surface area contributed by atoms with Gasteiger partial charge in [-0.2, -0.15) is 5.26 Å². The van der Waals surface area contributed by atoms with Crippen LogP contribution in [0.25, 0.3) is 22.4 Å². The maximum absolute atomic E-state index is 13.0.